The standard InChI is InChI=1S/C13H16BrClO/c1-9-3-2-4-11(7-9)16-13-8-10(14)5-6-12(13)15/h5-6,8-9,11H,2-4,7H2,1H3. The van der Waals surface area contributed by atoms with Crippen LogP contribution in [0.3, 0.4) is 0 Å². The quantitative estimate of drug-likeness (QED) is 0.742. The number of hydrogen-bond donors (Lipinski definition) is 0. The topological polar surface area (TPSA) is 9.23 Å². The number of halogens is 2. The van der Waals surface area contributed by atoms with Crippen LogP contribution in [0.25, 0.3) is 0 Å². The van der Waals surface area contributed by atoms with E-state index in [0.29, 0.717) is 11.1 Å². The highest BCUT2D eigenvalue weighted by molar-refractivity contribution is 9.10. The van der Waals surface area contributed by atoms with E-state index in [0.717, 1.165) is 29.0 Å². The minimum atomic E-state index is 0.329. The molecule has 0 amide bonds. The van der Waals surface area contributed by atoms with E-state index in [-0.39, 0.29) is 0 Å². The predicted octanol–water partition coefficient (Wildman–Crippen LogP) is 5.06. The molecule has 0 radical (unpaired) electrons. The molecule has 1 fully saturated rings. The van der Waals surface area contributed by atoms with Crippen molar-refractivity contribution in [3.05, 3.63) is 27.7 Å². The van der Waals surface area contributed by atoms with Gasteiger partial charge in [-0.3, -0.25) is 0 Å². The molecule has 2 unspecified atom stereocenters. The lowest BCUT2D eigenvalue weighted by molar-refractivity contribution is 0.129. The van der Waals surface area contributed by atoms with E-state index in [9.17, 15) is 0 Å². The Morgan fingerprint density at radius 1 is 1.38 bits per heavy atom. The van der Waals surface area contributed by atoms with E-state index in [1.54, 1.807) is 0 Å². The van der Waals surface area contributed by atoms with Crippen LogP contribution >= 0.6 is 27.5 Å². The van der Waals surface area contributed by atoms with Gasteiger partial charge in [-0.25, -0.2) is 0 Å². The summed E-state index contributed by atoms with van der Waals surface area (Å²) < 4.78 is 6.99. The molecule has 1 aromatic rings. The van der Waals surface area contributed by atoms with Crippen molar-refractivity contribution in [1.82, 2.24) is 0 Å². The number of ether oxygens (including phenoxy) is 1. The Labute approximate surface area is 110 Å². The Bertz CT molecular complexity index is 367. The average Bonchev–Trinajstić information content (AvgIpc) is 2.24. The Hall–Kier alpha value is -0.210. The van der Waals surface area contributed by atoms with Crippen LogP contribution in [0.4, 0.5) is 0 Å². The van der Waals surface area contributed by atoms with E-state index in [1.165, 1.54) is 12.8 Å². The van der Waals surface area contributed by atoms with Crippen LogP contribution in [0, 0.1) is 5.92 Å². The zero-order valence-electron chi connectivity index (χ0n) is 9.38. The van der Waals surface area contributed by atoms with E-state index >= 15 is 0 Å². The summed E-state index contributed by atoms with van der Waals surface area (Å²) in [4.78, 5) is 0. The maximum Gasteiger partial charge on any atom is 0.139 e. The smallest absolute Gasteiger partial charge is 0.139 e. The number of benzene rings is 1. The van der Waals surface area contributed by atoms with Crippen LogP contribution in [0.15, 0.2) is 22.7 Å². The summed E-state index contributed by atoms with van der Waals surface area (Å²) >= 11 is 9.54. The second-order valence-corrected chi connectivity index (χ2v) is 5.91. The fraction of sp³-hybridized carbons (Fsp3) is 0.538. The molecule has 1 nitrogen and oxygen atoms in total. The molecule has 0 saturated heterocycles. The van der Waals surface area contributed by atoms with Gasteiger partial charge < -0.3 is 4.74 Å². The van der Waals surface area contributed by atoms with Crippen LogP contribution in [0.2, 0.25) is 5.02 Å². The fourth-order valence-corrected chi connectivity index (χ4v) is 2.73. The summed E-state index contributed by atoms with van der Waals surface area (Å²) in [5, 5.41) is 0.696. The first-order valence-corrected chi connectivity index (χ1v) is 6.94. The van der Waals surface area contributed by atoms with Crippen molar-refractivity contribution in [3.63, 3.8) is 0 Å². The Morgan fingerprint density at radius 3 is 2.94 bits per heavy atom. The molecule has 1 saturated carbocycles. The van der Waals surface area contributed by atoms with Gasteiger partial charge in [0.2, 0.25) is 0 Å². The summed E-state index contributed by atoms with van der Waals surface area (Å²) in [6.45, 7) is 2.29. The minimum absolute atomic E-state index is 0.329. The number of hydrogen-bond acceptors (Lipinski definition) is 1. The molecule has 2 rings (SSSR count). The van der Waals surface area contributed by atoms with Crippen LogP contribution < -0.4 is 4.74 Å². The lowest BCUT2D eigenvalue weighted by Gasteiger charge is -2.27. The van der Waals surface area contributed by atoms with Gasteiger partial charge in [0.25, 0.3) is 0 Å². The molecule has 0 aliphatic heterocycles. The van der Waals surface area contributed by atoms with Gasteiger partial charge in [-0.15, -0.1) is 0 Å². The van der Waals surface area contributed by atoms with Gasteiger partial charge in [-0.1, -0.05) is 40.9 Å². The molecular formula is C13H16BrClO. The zero-order chi connectivity index (χ0) is 11.5. The monoisotopic (exact) mass is 302 g/mol. The maximum absolute atomic E-state index is 6.11. The molecule has 1 aliphatic carbocycles. The maximum atomic E-state index is 6.11. The molecule has 1 aliphatic rings. The lowest BCUT2D eigenvalue weighted by Crippen LogP contribution is -2.24. The third-order valence-corrected chi connectivity index (χ3v) is 3.88. The van der Waals surface area contributed by atoms with E-state index < -0.39 is 0 Å². The van der Waals surface area contributed by atoms with Crippen molar-refractivity contribution in [2.24, 2.45) is 5.92 Å². The molecule has 88 valence electrons. The van der Waals surface area contributed by atoms with Gasteiger partial charge in [0.1, 0.15) is 5.75 Å². The third kappa shape index (κ3) is 3.14. The molecule has 0 N–H and O–H groups in total. The molecule has 0 heterocycles. The summed E-state index contributed by atoms with van der Waals surface area (Å²) in [6.07, 6.45) is 5.20. The Kier molecular flexibility index (Phi) is 4.15. The molecule has 0 bridgehead atoms. The average molecular weight is 304 g/mol. The van der Waals surface area contributed by atoms with Crippen LogP contribution in [-0.2, 0) is 0 Å². The Morgan fingerprint density at radius 2 is 2.19 bits per heavy atom. The van der Waals surface area contributed by atoms with Gasteiger partial charge in [0.05, 0.1) is 11.1 Å². The summed E-state index contributed by atoms with van der Waals surface area (Å²) in [7, 11) is 0. The van der Waals surface area contributed by atoms with Crippen molar-refractivity contribution in [1.29, 1.82) is 0 Å². The van der Waals surface area contributed by atoms with Crippen molar-refractivity contribution in [2.75, 3.05) is 0 Å². The van der Waals surface area contributed by atoms with Crippen LogP contribution in [-0.4, -0.2) is 6.10 Å². The normalized spacial score (nSPS) is 25.4. The van der Waals surface area contributed by atoms with Crippen molar-refractivity contribution in [2.45, 2.75) is 38.7 Å². The van der Waals surface area contributed by atoms with Crippen LogP contribution in [0.5, 0.6) is 5.75 Å². The van der Waals surface area contributed by atoms with Crippen molar-refractivity contribution < 1.29 is 4.74 Å². The predicted molar refractivity (Wildman–Crippen MR) is 71.2 cm³/mol. The van der Waals surface area contributed by atoms with Crippen LogP contribution in [0.1, 0.15) is 32.6 Å². The highest BCUT2D eigenvalue weighted by Gasteiger charge is 2.20. The summed E-state index contributed by atoms with van der Waals surface area (Å²) in [6, 6.07) is 5.74. The van der Waals surface area contributed by atoms with Gasteiger partial charge >= 0.3 is 0 Å². The molecule has 3 heteroatoms. The second kappa shape index (κ2) is 5.42. The van der Waals surface area contributed by atoms with Crippen molar-refractivity contribution >= 4 is 27.5 Å². The zero-order valence-corrected chi connectivity index (χ0v) is 11.7. The highest BCUT2D eigenvalue weighted by Crippen LogP contribution is 2.32. The first-order valence-electron chi connectivity index (χ1n) is 5.77. The SMILES string of the molecule is CC1CCCC(Oc2cc(Br)ccc2Cl)C1. The van der Waals surface area contributed by atoms with E-state index in [2.05, 4.69) is 22.9 Å². The van der Waals surface area contributed by atoms with Gasteiger partial charge in [0.15, 0.2) is 0 Å². The van der Waals surface area contributed by atoms with E-state index in [1.807, 2.05) is 18.2 Å². The number of rotatable bonds is 2. The molecule has 0 aromatic heterocycles. The lowest BCUT2D eigenvalue weighted by atomic mass is 9.89. The van der Waals surface area contributed by atoms with Gasteiger partial charge in [-0.05, 0) is 43.4 Å². The summed E-state index contributed by atoms with van der Waals surface area (Å²) in [5.41, 5.74) is 0. The highest BCUT2D eigenvalue weighted by atomic mass is 79.9. The second-order valence-electron chi connectivity index (χ2n) is 4.59. The molecule has 0 spiro atoms. The first kappa shape index (κ1) is 12.3. The van der Waals surface area contributed by atoms with Gasteiger partial charge in [0, 0.05) is 4.47 Å². The first-order chi connectivity index (χ1) is 7.65. The summed E-state index contributed by atoms with van der Waals surface area (Å²) in [5.74, 6) is 1.57. The van der Waals surface area contributed by atoms with Crippen molar-refractivity contribution in [3.8, 4) is 5.75 Å². The van der Waals surface area contributed by atoms with Gasteiger partial charge in [-0.2, -0.15) is 0 Å². The fourth-order valence-electron chi connectivity index (χ4n) is 2.23. The molecular weight excluding hydrogens is 287 g/mol. The Balaban J connectivity index is 2.05. The minimum Gasteiger partial charge on any atom is -0.489 e. The third-order valence-electron chi connectivity index (χ3n) is 3.08. The molecule has 16 heavy (non-hydrogen) atoms. The molecule has 2 atom stereocenters. The molecule has 1 aromatic carbocycles. The largest absolute Gasteiger partial charge is 0.489 e. The van der Waals surface area contributed by atoms with E-state index in [4.69, 9.17) is 16.3 Å².